The van der Waals surface area contributed by atoms with Crippen molar-refractivity contribution in [2.75, 3.05) is 0 Å². The molecule has 0 amide bonds. The average molecular weight is 321 g/mol. The van der Waals surface area contributed by atoms with Crippen LogP contribution in [-0.2, 0) is 0 Å². The van der Waals surface area contributed by atoms with E-state index in [1.165, 1.54) is 16.7 Å². The molecule has 0 unspecified atom stereocenters. The highest BCUT2D eigenvalue weighted by Gasteiger charge is 2.18. The summed E-state index contributed by atoms with van der Waals surface area (Å²) in [6.45, 7) is 0. The largest absolute Gasteiger partial charge is 0.507 e. The Labute approximate surface area is 96.5 Å². The zero-order valence-corrected chi connectivity index (χ0v) is 9.70. The number of hydrogen-bond donors (Lipinski definition) is 1. The van der Waals surface area contributed by atoms with Gasteiger partial charge in [-0.25, -0.2) is 0 Å². The average Bonchev–Trinajstić information content (AvgIpc) is 2.55. The van der Waals surface area contributed by atoms with Crippen LogP contribution in [0, 0.1) is 13.7 Å². The highest BCUT2D eigenvalue weighted by atomic mass is 127. The van der Waals surface area contributed by atoms with Crippen molar-refractivity contribution < 1.29 is 10.0 Å². The lowest BCUT2D eigenvalue weighted by Gasteiger charge is -1.97. The van der Waals surface area contributed by atoms with Crippen molar-refractivity contribution in [3.05, 3.63) is 31.2 Å². The second kappa shape index (κ2) is 3.35. The number of halogens is 1. The molecule has 0 aliphatic rings. The molecule has 1 aromatic carbocycles. The van der Waals surface area contributed by atoms with Gasteiger partial charge < -0.3 is 5.11 Å². The molecule has 2 rings (SSSR count). The van der Waals surface area contributed by atoms with E-state index in [0.717, 1.165) is 4.70 Å². The molecular formula is C8H4INO3S. The van der Waals surface area contributed by atoms with Crippen LogP contribution in [0.2, 0.25) is 0 Å². The van der Waals surface area contributed by atoms with E-state index in [-0.39, 0.29) is 11.4 Å². The second-order valence-corrected chi connectivity index (χ2v) is 4.64. The molecule has 4 nitrogen and oxygen atoms in total. The quantitative estimate of drug-likeness (QED) is 0.499. The van der Waals surface area contributed by atoms with Crippen LogP contribution in [-0.4, -0.2) is 10.0 Å². The van der Waals surface area contributed by atoms with E-state index in [9.17, 15) is 15.2 Å². The Morgan fingerprint density at radius 2 is 2.21 bits per heavy atom. The predicted octanol–water partition coefficient (Wildman–Crippen LogP) is 3.12. The maximum Gasteiger partial charge on any atom is 0.289 e. The van der Waals surface area contributed by atoms with Crippen LogP contribution in [0.25, 0.3) is 10.1 Å². The normalized spacial score (nSPS) is 10.6. The van der Waals surface area contributed by atoms with E-state index in [0.29, 0.717) is 8.96 Å². The maximum absolute atomic E-state index is 10.7. The first kappa shape index (κ1) is 9.66. The van der Waals surface area contributed by atoms with Crippen molar-refractivity contribution in [3.8, 4) is 5.75 Å². The molecule has 0 aliphatic carbocycles. The maximum atomic E-state index is 10.7. The Hall–Kier alpha value is -0.890. The summed E-state index contributed by atoms with van der Waals surface area (Å²) in [7, 11) is 0. The SMILES string of the molecule is O=[N+]([O-])c1csc2ccc(O)c(I)c12. The number of aromatic hydroxyl groups is 1. The topological polar surface area (TPSA) is 63.4 Å². The fraction of sp³-hybridized carbons (Fsp3) is 0. The molecule has 0 radical (unpaired) electrons. The third-order valence-corrected chi connectivity index (χ3v) is 3.86. The van der Waals surface area contributed by atoms with Gasteiger partial charge in [-0.1, -0.05) is 0 Å². The van der Waals surface area contributed by atoms with Crippen LogP contribution in [0.15, 0.2) is 17.5 Å². The van der Waals surface area contributed by atoms with Crippen LogP contribution >= 0.6 is 33.9 Å². The number of phenols is 1. The van der Waals surface area contributed by atoms with Gasteiger partial charge in [0.15, 0.2) is 0 Å². The Balaban J connectivity index is 2.89. The Bertz CT molecular complexity index is 523. The van der Waals surface area contributed by atoms with Crippen molar-refractivity contribution in [1.82, 2.24) is 0 Å². The lowest BCUT2D eigenvalue weighted by molar-refractivity contribution is -0.382. The minimum atomic E-state index is -0.430. The van der Waals surface area contributed by atoms with Crippen molar-refractivity contribution in [1.29, 1.82) is 0 Å². The summed E-state index contributed by atoms with van der Waals surface area (Å²) < 4.78 is 1.35. The molecule has 0 spiro atoms. The lowest BCUT2D eigenvalue weighted by atomic mass is 10.2. The number of fused-ring (bicyclic) bond motifs is 1. The van der Waals surface area contributed by atoms with E-state index < -0.39 is 4.92 Å². The lowest BCUT2D eigenvalue weighted by Crippen LogP contribution is -1.86. The molecule has 1 aromatic heterocycles. The van der Waals surface area contributed by atoms with Gasteiger partial charge in [0.05, 0.1) is 19.3 Å². The molecule has 0 aliphatic heterocycles. The summed E-state index contributed by atoms with van der Waals surface area (Å²) in [6, 6.07) is 3.23. The van der Waals surface area contributed by atoms with Crippen molar-refractivity contribution in [3.63, 3.8) is 0 Å². The van der Waals surface area contributed by atoms with E-state index in [1.54, 1.807) is 12.1 Å². The Morgan fingerprint density at radius 1 is 1.50 bits per heavy atom. The highest BCUT2D eigenvalue weighted by molar-refractivity contribution is 14.1. The second-order valence-electron chi connectivity index (χ2n) is 2.65. The number of hydrogen-bond acceptors (Lipinski definition) is 4. The molecule has 0 saturated carbocycles. The van der Waals surface area contributed by atoms with Crippen molar-refractivity contribution in [2.45, 2.75) is 0 Å². The van der Waals surface area contributed by atoms with Crippen LogP contribution in [0.4, 0.5) is 5.69 Å². The number of rotatable bonds is 1. The molecule has 1 N–H and O–H groups in total. The van der Waals surface area contributed by atoms with Gasteiger partial charge in [-0.15, -0.1) is 11.3 Å². The summed E-state index contributed by atoms with van der Waals surface area (Å²) in [5.74, 6) is 0.0830. The van der Waals surface area contributed by atoms with Gasteiger partial charge in [0.2, 0.25) is 0 Å². The first-order valence-electron chi connectivity index (χ1n) is 3.64. The van der Waals surface area contributed by atoms with Gasteiger partial charge in [0.25, 0.3) is 5.69 Å². The zero-order chi connectivity index (χ0) is 10.3. The summed E-state index contributed by atoms with van der Waals surface area (Å²) in [4.78, 5) is 10.2. The Morgan fingerprint density at radius 3 is 2.86 bits per heavy atom. The number of nitrogens with zero attached hydrogens (tertiary/aromatic N) is 1. The molecule has 0 saturated heterocycles. The number of phenolic OH excluding ortho intramolecular Hbond substituents is 1. The van der Waals surface area contributed by atoms with Crippen molar-refractivity contribution >= 4 is 49.7 Å². The van der Waals surface area contributed by atoms with E-state index in [4.69, 9.17) is 0 Å². The first-order chi connectivity index (χ1) is 6.61. The molecule has 2 aromatic rings. The molecular weight excluding hydrogens is 317 g/mol. The predicted molar refractivity (Wildman–Crippen MR) is 62.9 cm³/mol. The molecule has 72 valence electrons. The van der Waals surface area contributed by atoms with Gasteiger partial charge in [-0.05, 0) is 34.7 Å². The van der Waals surface area contributed by atoms with E-state index >= 15 is 0 Å². The van der Waals surface area contributed by atoms with Crippen LogP contribution in [0.3, 0.4) is 0 Å². The fourth-order valence-electron chi connectivity index (χ4n) is 1.20. The zero-order valence-electron chi connectivity index (χ0n) is 6.73. The third-order valence-electron chi connectivity index (χ3n) is 1.83. The first-order valence-corrected chi connectivity index (χ1v) is 5.60. The minimum Gasteiger partial charge on any atom is -0.507 e. The number of thiophene rings is 1. The monoisotopic (exact) mass is 321 g/mol. The van der Waals surface area contributed by atoms with E-state index in [2.05, 4.69) is 0 Å². The number of nitro groups is 1. The third kappa shape index (κ3) is 1.34. The summed E-state index contributed by atoms with van der Waals surface area (Å²) >= 11 is 3.22. The Kier molecular flexibility index (Phi) is 2.31. The summed E-state index contributed by atoms with van der Waals surface area (Å²) in [5, 5.41) is 22.1. The molecule has 0 atom stereocenters. The van der Waals surface area contributed by atoms with Crippen LogP contribution < -0.4 is 0 Å². The van der Waals surface area contributed by atoms with Crippen LogP contribution in [0.5, 0.6) is 5.75 Å². The van der Waals surface area contributed by atoms with Gasteiger partial charge in [-0.2, -0.15) is 0 Å². The molecule has 1 heterocycles. The fourth-order valence-corrected chi connectivity index (χ4v) is 3.04. The smallest absolute Gasteiger partial charge is 0.289 e. The van der Waals surface area contributed by atoms with Gasteiger partial charge >= 0.3 is 0 Å². The summed E-state index contributed by atoms with van der Waals surface area (Å²) in [5.41, 5.74) is 0.0605. The van der Waals surface area contributed by atoms with Gasteiger partial charge in [-0.3, -0.25) is 10.1 Å². The van der Waals surface area contributed by atoms with Gasteiger partial charge in [0, 0.05) is 4.70 Å². The molecule has 14 heavy (non-hydrogen) atoms. The van der Waals surface area contributed by atoms with E-state index in [1.807, 2.05) is 22.6 Å². The standard InChI is InChI=1S/C8H4INO3S/c9-8-5(11)1-2-6-7(8)4(3-14-6)10(12)13/h1-3,11H. The van der Waals surface area contributed by atoms with Gasteiger partial charge in [0.1, 0.15) is 5.75 Å². The highest BCUT2D eigenvalue weighted by Crippen LogP contribution is 2.38. The number of benzene rings is 1. The van der Waals surface area contributed by atoms with Crippen LogP contribution in [0.1, 0.15) is 0 Å². The molecule has 0 bridgehead atoms. The van der Waals surface area contributed by atoms with Crippen molar-refractivity contribution in [2.24, 2.45) is 0 Å². The molecule has 6 heteroatoms. The molecule has 0 fully saturated rings. The minimum absolute atomic E-state index is 0.0605. The summed E-state index contributed by atoms with van der Waals surface area (Å²) in [6.07, 6.45) is 0.